The number of benzene rings is 1. The number of hydrogen-bond acceptors (Lipinski definition) is 6. The van der Waals surface area contributed by atoms with Crippen LogP contribution in [0.1, 0.15) is 35.8 Å². The molecule has 3 amide bonds. The van der Waals surface area contributed by atoms with Crippen LogP contribution in [0.25, 0.3) is 0 Å². The van der Waals surface area contributed by atoms with E-state index in [9.17, 15) is 18.8 Å². The van der Waals surface area contributed by atoms with Crippen molar-refractivity contribution in [1.82, 2.24) is 20.0 Å². The van der Waals surface area contributed by atoms with Gasteiger partial charge in [-0.2, -0.15) is 11.3 Å². The smallest absolute Gasteiger partial charge is 0.338 e. The molecule has 2 aromatic rings. The lowest BCUT2D eigenvalue weighted by Gasteiger charge is -2.42. The summed E-state index contributed by atoms with van der Waals surface area (Å²) in [5, 5.41) is 6.71. The van der Waals surface area contributed by atoms with Crippen molar-refractivity contribution in [3.63, 3.8) is 0 Å². The monoisotopic (exact) mass is 500 g/mol. The molecule has 1 aromatic carbocycles. The van der Waals surface area contributed by atoms with E-state index in [4.69, 9.17) is 4.74 Å². The summed E-state index contributed by atoms with van der Waals surface area (Å²) in [6.45, 7) is 5.65. The highest BCUT2D eigenvalue weighted by atomic mass is 32.1. The van der Waals surface area contributed by atoms with E-state index in [0.717, 1.165) is 5.56 Å². The molecule has 2 unspecified atom stereocenters. The van der Waals surface area contributed by atoms with Gasteiger partial charge in [-0.15, -0.1) is 0 Å². The Bertz CT molecular complexity index is 1140. The molecule has 0 bridgehead atoms. The number of likely N-dealkylation sites (N-methyl/N-ethyl adjacent to an activating group) is 1. The van der Waals surface area contributed by atoms with Crippen molar-refractivity contribution in [2.75, 3.05) is 39.8 Å². The Labute approximate surface area is 207 Å². The lowest BCUT2D eigenvalue weighted by atomic mass is 9.96. The standard InChI is InChI=1S/C25H29FN4O4S/c1-4-34-24(32)21-20(28(3)25(33)27-22(21)17-9-12-35-15-17)14-29-10-11-30(16(2)13-29)23(31)18-7-5-6-8-19(18)26/h5-9,12,15-16,22H,4,10-11,13-14H2,1-3H3,(H,27,33). The number of urea groups is 1. The van der Waals surface area contributed by atoms with E-state index in [1.807, 2.05) is 23.8 Å². The number of nitrogens with zero attached hydrogens (tertiary/aromatic N) is 3. The molecule has 1 N–H and O–H groups in total. The second-order valence-electron chi connectivity index (χ2n) is 8.64. The minimum atomic E-state index is -0.597. The predicted octanol–water partition coefficient (Wildman–Crippen LogP) is 3.25. The molecule has 0 radical (unpaired) electrons. The van der Waals surface area contributed by atoms with Gasteiger partial charge < -0.3 is 15.0 Å². The van der Waals surface area contributed by atoms with Crippen molar-refractivity contribution in [1.29, 1.82) is 0 Å². The summed E-state index contributed by atoms with van der Waals surface area (Å²) in [7, 11) is 1.63. The summed E-state index contributed by atoms with van der Waals surface area (Å²) >= 11 is 1.49. The van der Waals surface area contributed by atoms with Crippen molar-refractivity contribution in [2.45, 2.75) is 25.9 Å². The summed E-state index contributed by atoms with van der Waals surface area (Å²) in [6.07, 6.45) is 0. The molecule has 0 spiro atoms. The fraction of sp³-hybridized carbons (Fsp3) is 0.400. The third-order valence-electron chi connectivity index (χ3n) is 6.40. The molecule has 2 aliphatic heterocycles. The van der Waals surface area contributed by atoms with Gasteiger partial charge in [0.25, 0.3) is 5.91 Å². The fourth-order valence-corrected chi connectivity index (χ4v) is 5.25. The highest BCUT2D eigenvalue weighted by Gasteiger charge is 2.38. The Morgan fingerprint density at radius 1 is 1.23 bits per heavy atom. The second kappa shape index (κ2) is 10.6. The minimum Gasteiger partial charge on any atom is -0.463 e. The van der Waals surface area contributed by atoms with E-state index in [1.165, 1.54) is 28.4 Å². The number of esters is 1. The van der Waals surface area contributed by atoms with E-state index in [1.54, 1.807) is 31.0 Å². The van der Waals surface area contributed by atoms with Crippen LogP contribution in [0.4, 0.5) is 9.18 Å². The zero-order valence-electron chi connectivity index (χ0n) is 20.0. The van der Waals surface area contributed by atoms with Crippen LogP contribution in [0.2, 0.25) is 0 Å². The molecule has 10 heteroatoms. The molecule has 8 nitrogen and oxygen atoms in total. The van der Waals surface area contributed by atoms with Crippen molar-refractivity contribution in [3.8, 4) is 0 Å². The van der Waals surface area contributed by atoms with E-state index in [-0.39, 0.29) is 30.2 Å². The first-order chi connectivity index (χ1) is 16.8. The number of carbonyl (C=O) groups excluding carboxylic acids is 3. The lowest BCUT2D eigenvalue weighted by molar-refractivity contribution is -0.139. The number of halogens is 1. The Morgan fingerprint density at radius 3 is 2.66 bits per heavy atom. The van der Waals surface area contributed by atoms with Crippen molar-refractivity contribution in [2.24, 2.45) is 0 Å². The molecular formula is C25H29FN4O4S. The molecule has 1 fully saturated rings. The first-order valence-corrected chi connectivity index (χ1v) is 12.5. The summed E-state index contributed by atoms with van der Waals surface area (Å²) in [5.74, 6) is -1.34. The van der Waals surface area contributed by atoms with Gasteiger partial charge in [0.2, 0.25) is 0 Å². The fourth-order valence-electron chi connectivity index (χ4n) is 4.57. The summed E-state index contributed by atoms with van der Waals surface area (Å²) in [6, 6.07) is 6.78. The highest BCUT2D eigenvalue weighted by molar-refractivity contribution is 7.08. The third kappa shape index (κ3) is 5.08. The van der Waals surface area contributed by atoms with Gasteiger partial charge in [-0.1, -0.05) is 12.1 Å². The van der Waals surface area contributed by atoms with Crippen LogP contribution < -0.4 is 5.32 Å². The lowest BCUT2D eigenvalue weighted by Crippen LogP contribution is -2.56. The minimum absolute atomic E-state index is 0.0578. The van der Waals surface area contributed by atoms with E-state index >= 15 is 0 Å². The maximum absolute atomic E-state index is 14.2. The Morgan fingerprint density at radius 2 is 2.00 bits per heavy atom. The van der Waals surface area contributed by atoms with Gasteiger partial charge >= 0.3 is 12.0 Å². The summed E-state index contributed by atoms with van der Waals surface area (Å²) in [4.78, 5) is 44.0. The van der Waals surface area contributed by atoms with Crippen LogP contribution in [0.5, 0.6) is 0 Å². The van der Waals surface area contributed by atoms with Crippen molar-refractivity contribution < 1.29 is 23.5 Å². The van der Waals surface area contributed by atoms with Gasteiger partial charge in [0.1, 0.15) is 5.82 Å². The molecule has 0 saturated carbocycles. The van der Waals surface area contributed by atoms with Gasteiger partial charge in [0, 0.05) is 45.0 Å². The average molecular weight is 501 g/mol. The first-order valence-electron chi connectivity index (χ1n) is 11.6. The summed E-state index contributed by atoms with van der Waals surface area (Å²) < 4.78 is 19.5. The van der Waals surface area contributed by atoms with Crippen LogP contribution in [-0.4, -0.2) is 78.5 Å². The largest absolute Gasteiger partial charge is 0.463 e. The molecule has 1 saturated heterocycles. The molecule has 4 rings (SSSR count). The predicted molar refractivity (Wildman–Crippen MR) is 130 cm³/mol. The van der Waals surface area contributed by atoms with Gasteiger partial charge in [0.15, 0.2) is 0 Å². The van der Waals surface area contributed by atoms with E-state index < -0.39 is 17.8 Å². The first kappa shape index (κ1) is 24.9. The third-order valence-corrected chi connectivity index (χ3v) is 7.10. The topological polar surface area (TPSA) is 82.2 Å². The number of ether oxygens (including phenoxy) is 1. The second-order valence-corrected chi connectivity index (χ2v) is 9.42. The van der Waals surface area contributed by atoms with Gasteiger partial charge in [0.05, 0.1) is 23.8 Å². The number of rotatable bonds is 6. The van der Waals surface area contributed by atoms with Crippen LogP contribution >= 0.6 is 11.3 Å². The number of thiophene rings is 1. The number of nitrogens with one attached hydrogen (secondary N) is 1. The molecule has 186 valence electrons. The zero-order valence-corrected chi connectivity index (χ0v) is 20.8. The van der Waals surface area contributed by atoms with Crippen LogP contribution in [-0.2, 0) is 9.53 Å². The zero-order chi connectivity index (χ0) is 25.1. The molecule has 3 heterocycles. The number of carbonyl (C=O) groups is 3. The maximum atomic E-state index is 14.2. The molecular weight excluding hydrogens is 471 g/mol. The maximum Gasteiger partial charge on any atom is 0.338 e. The van der Waals surface area contributed by atoms with E-state index in [0.29, 0.717) is 37.4 Å². The Kier molecular flexibility index (Phi) is 7.51. The normalized spacial score (nSPS) is 21.2. The van der Waals surface area contributed by atoms with Crippen molar-refractivity contribution in [3.05, 3.63) is 69.3 Å². The molecule has 0 aliphatic carbocycles. The van der Waals surface area contributed by atoms with Crippen LogP contribution in [0.3, 0.4) is 0 Å². The SMILES string of the molecule is CCOC(=O)C1=C(CN2CCN(C(=O)c3ccccc3F)C(C)C2)N(C)C(=O)NC1c1ccsc1. The van der Waals surface area contributed by atoms with Crippen LogP contribution in [0.15, 0.2) is 52.4 Å². The Hall–Kier alpha value is -3.24. The van der Waals surface area contributed by atoms with Crippen molar-refractivity contribution >= 4 is 29.2 Å². The van der Waals surface area contributed by atoms with Gasteiger partial charge in [-0.25, -0.2) is 14.0 Å². The number of piperazine rings is 1. The quantitative estimate of drug-likeness (QED) is 0.616. The number of amides is 3. The van der Waals surface area contributed by atoms with E-state index in [2.05, 4.69) is 10.2 Å². The molecule has 2 aliphatic rings. The number of hydrogen-bond donors (Lipinski definition) is 1. The highest BCUT2D eigenvalue weighted by Crippen LogP contribution is 2.32. The molecule has 2 atom stereocenters. The molecule has 1 aromatic heterocycles. The molecule has 35 heavy (non-hydrogen) atoms. The van der Waals surface area contributed by atoms with Crippen LogP contribution in [0, 0.1) is 5.82 Å². The average Bonchev–Trinajstić information content (AvgIpc) is 3.37. The van der Waals surface area contributed by atoms with Gasteiger partial charge in [-0.05, 0) is 48.4 Å². The van der Waals surface area contributed by atoms with Gasteiger partial charge in [-0.3, -0.25) is 14.6 Å². The Balaban J connectivity index is 1.58. The summed E-state index contributed by atoms with van der Waals surface area (Å²) in [5.41, 5.74) is 1.86.